The fourth-order valence-electron chi connectivity index (χ4n) is 3.98. The number of halogens is 2. The first-order valence-corrected chi connectivity index (χ1v) is 10.7. The van der Waals surface area contributed by atoms with Crippen LogP contribution in [0.15, 0.2) is 28.8 Å². The third-order valence-electron chi connectivity index (χ3n) is 6.48. The minimum absolute atomic E-state index is 0.176. The van der Waals surface area contributed by atoms with Crippen molar-refractivity contribution in [2.75, 3.05) is 6.54 Å². The maximum atomic E-state index is 13.5. The number of benzene rings is 1. The van der Waals surface area contributed by atoms with Crippen LogP contribution < -0.4 is 5.32 Å². The van der Waals surface area contributed by atoms with E-state index in [2.05, 4.69) is 39.5 Å². The van der Waals surface area contributed by atoms with Gasteiger partial charge in [0.2, 0.25) is 11.7 Å². The number of hydrogen-bond donors (Lipinski definition) is 2. The number of aromatic nitrogens is 4. The number of phenolic OH excluding ortho intramolecular Hbond substituents is 1. The lowest BCUT2D eigenvalue weighted by molar-refractivity contribution is 0.0882. The predicted molar refractivity (Wildman–Crippen MR) is 114 cm³/mol. The van der Waals surface area contributed by atoms with Gasteiger partial charge in [0.15, 0.2) is 17.4 Å². The Kier molecular flexibility index (Phi) is 5.85. The normalized spacial score (nSPS) is 22.8. The summed E-state index contributed by atoms with van der Waals surface area (Å²) < 4.78 is 32.7. The highest BCUT2D eigenvalue weighted by Gasteiger charge is 2.42. The zero-order chi connectivity index (χ0) is 23.8. The van der Waals surface area contributed by atoms with E-state index in [9.17, 15) is 18.7 Å². The monoisotopic (exact) mass is 457 g/mol. The number of aromatic hydroxyl groups is 1. The largest absolute Gasteiger partial charge is 0.503 e. The van der Waals surface area contributed by atoms with Crippen molar-refractivity contribution >= 4 is 5.91 Å². The highest BCUT2D eigenvalue weighted by Crippen LogP contribution is 2.46. The third kappa shape index (κ3) is 4.69. The molecule has 0 bridgehead atoms. The fraction of sp³-hybridized carbons (Fsp3) is 0.435. The van der Waals surface area contributed by atoms with E-state index in [-0.39, 0.29) is 16.4 Å². The van der Waals surface area contributed by atoms with Gasteiger partial charge in [0.25, 0.3) is 5.91 Å². The van der Waals surface area contributed by atoms with Crippen LogP contribution in [0.5, 0.6) is 5.75 Å². The lowest BCUT2D eigenvalue weighted by atomic mass is 9.65. The van der Waals surface area contributed by atoms with Crippen LogP contribution >= 0.6 is 0 Å². The SMILES string of the molecule is Cc1ccc(-c2noc([C@]3(C)CC[C@](C)(CNC(=O)c4cc(F)c(O)c(F)c4)CC3)n2)nn1. The lowest BCUT2D eigenvalue weighted by Gasteiger charge is -2.41. The Morgan fingerprint density at radius 3 is 2.39 bits per heavy atom. The average Bonchev–Trinajstić information content (AvgIpc) is 3.30. The third-order valence-corrected chi connectivity index (χ3v) is 6.48. The molecule has 0 radical (unpaired) electrons. The molecule has 1 aliphatic carbocycles. The minimum atomic E-state index is -1.17. The molecule has 0 saturated heterocycles. The van der Waals surface area contributed by atoms with E-state index in [0.717, 1.165) is 43.5 Å². The van der Waals surface area contributed by atoms with Gasteiger partial charge in [0, 0.05) is 17.5 Å². The highest BCUT2D eigenvalue weighted by atomic mass is 19.1. The molecule has 174 valence electrons. The van der Waals surface area contributed by atoms with Gasteiger partial charge >= 0.3 is 0 Å². The maximum Gasteiger partial charge on any atom is 0.251 e. The number of carbonyl (C=O) groups excluding carboxylic acids is 1. The molecule has 1 aromatic carbocycles. The Bertz CT molecular complexity index is 1150. The number of hydrogen-bond acceptors (Lipinski definition) is 7. The van der Waals surface area contributed by atoms with Crippen molar-refractivity contribution < 1.29 is 23.2 Å². The van der Waals surface area contributed by atoms with Gasteiger partial charge in [-0.1, -0.05) is 19.0 Å². The van der Waals surface area contributed by atoms with E-state index in [4.69, 9.17) is 4.52 Å². The zero-order valence-electron chi connectivity index (χ0n) is 18.7. The second-order valence-corrected chi connectivity index (χ2v) is 9.33. The molecule has 1 saturated carbocycles. The molecule has 8 nitrogen and oxygen atoms in total. The Morgan fingerprint density at radius 1 is 1.12 bits per heavy atom. The van der Waals surface area contributed by atoms with Crippen LogP contribution in [0.2, 0.25) is 0 Å². The molecular weight excluding hydrogens is 432 g/mol. The molecule has 2 aromatic heterocycles. The van der Waals surface area contributed by atoms with E-state index < -0.39 is 23.3 Å². The maximum absolute atomic E-state index is 13.5. The van der Waals surface area contributed by atoms with E-state index >= 15 is 0 Å². The van der Waals surface area contributed by atoms with Crippen LogP contribution in [0.1, 0.15) is 61.5 Å². The molecule has 0 spiro atoms. The van der Waals surface area contributed by atoms with E-state index in [1.807, 2.05) is 13.0 Å². The molecule has 3 aromatic rings. The summed E-state index contributed by atoms with van der Waals surface area (Å²) in [6.07, 6.45) is 3.10. The van der Waals surface area contributed by atoms with Crippen LogP contribution in [0.25, 0.3) is 11.5 Å². The van der Waals surface area contributed by atoms with Crippen LogP contribution in [0, 0.1) is 24.0 Å². The quantitative estimate of drug-likeness (QED) is 0.593. The summed E-state index contributed by atoms with van der Waals surface area (Å²) in [6.45, 7) is 6.33. The van der Waals surface area contributed by atoms with Crippen molar-refractivity contribution in [2.45, 2.75) is 51.9 Å². The molecular formula is C23H25F2N5O3. The lowest BCUT2D eigenvalue weighted by Crippen LogP contribution is -2.41. The molecule has 2 heterocycles. The van der Waals surface area contributed by atoms with E-state index in [0.29, 0.717) is 24.0 Å². The van der Waals surface area contributed by atoms with Gasteiger partial charge in [0.1, 0.15) is 5.69 Å². The fourth-order valence-corrected chi connectivity index (χ4v) is 3.98. The first-order chi connectivity index (χ1) is 15.6. The number of phenols is 1. The van der Waals surface area contributed by atoms with Crippen molar-refractivity contribution in [3.8, 4) is 17.3 Å². The molecule has 10 heteroatoms. The van der Waals surface area contributed by atoms with Gasteiger partial charge in [-0.2, -0.15) is 10.1 Å². The highest BCUT2D eigenvalue weighted by molar-refractivity contribution is 5.94. The summed E-state index contributed by atoms with van der Waals surface area (Å²) in [7, 11) is 0. The number of nitrogens with one attached hydrogen (secondary N) is 1. The van der Waals surface area contributed by atoms with Crippen molar-refractivity contribution in [1.29, 1.82) is 0 Å². The number of amides is 1. The van der Waals surface area contributed by atoms with Crippen LogP contribution in [0.4, 0.5) is 8.78 Å². The van der Waals surface area contributed by atoms with Crippen LogP contribution in [0.3, 0.4) is 0 Å². The summed E-state index contributed by atoms with van der Waals surface area (Å²) >= 11 is 0. The van der Waals surface area contributed by atoms with Gasteiger partial charge < -0.3 is 14.9 Å². The molecule has 1 fully saturated rings. The second-order valence-electron chi connectivity index (χ2n) is 9.33. The van der Waals surface area contributed by atoms with Crippen molar-refractivity contribution in [1.82, 2.24) is 25.7 Å². The molecule has 0 aliphatic heterocycles. The smallest absolute Gasteiger partial charge is 0.251 e. The number of rotatable bonds is 5. The topological polar surface area (TPSA) is 114 Å². The molecule has 4 rings (SSSR count). The number of nitrogens with zero attached hydrogens (tertiary/aromatic N) is 4. The van der Waals surface area contributed by atoms with Gasteiger partial charge in [-0.05, 0) is 62.3 Å². The summed E-state index contributed by atoms with van der Waals surface area (Å²) in [5, 5.41) is 24.1. The van der Waals surface area contributed by atoms with Gasteiger partial charge in [-0.15, -0.1) is 5.10 Å². The first-order valence-electron chi connectivity index (χ1n) is 10.7. The summed E-state index contributed by atoms with van der Waals surface area (Å²) in [6, 6.07) is 5.27. The minimum Gasteiger partial charge on any atom is -0.503 e. The van der Waals surface area contributed by atoms with Crippen molar-refractivity contribution in [2.24, 2.45) is 5.41 Å². The second kappa shape index (κ2) is 8.49. The van der Waals surface area contributed by atoms with Gasteiger partial charge in [0.05, 0.1) is 5.69 Å². The number of carbonyl (C=O) groups is 1. The number of aryl methyl sites for hydroxylation is 1. The Morgan fingerprint density at radius 2 is 1.79 bits per heavy atom. The Balaban J connectivity index is 1.38. The zero-order valence-corrected chi connectivity index (χ0v) is 18.7. The van der Waals surface area contributed by atoms with Crippen LogP contribution in [-0.4, -0.2) is 37.9 Å². The molecule has 2 N–H and O–H groups in total. The van der Waals surface area contributed by atoms with Gasteiger partial charge in [-0.3, -0.25) is 4.79 Å². The standard InChI is InChI=1S/C23H25F2N5O3/c1-13-4-5-17(29-28-13)19-27-21(33-30-19)23(3)8-6-22(2,7-9-23)12-26-20(32)14-10-15(24)18(31)16(25)11-14/h4-5,10-11,31H,6-9,12H2,1-3H3,(H,26,32)/t22-,23+. The summed E-state index contributed by atoms with van der Waals surface area (Å²) in [5.74, 6) is -3.09. The Hall–Kier alpha value is -3.43. The van der Waals surface area contributed by atoms with E-state index in [1.165, 1.54) is 0 Å². The summed E-state index contributed by atoms with van der Waals surface area (Å²) in [5.41, 5.74) is 0.660. The summed E-state index contributed by atoms with van der Waals surface area (Å²) in [4.78, 5) is 16.9. The molecule has 1 amide bonds. The molecule has 0 unspecified atom stereocenters. The first kappa shape index (κ1) is 22.8. The molecule has 0 atom stereocenters. The average molecular weight is 457 g/mol. The molecule has 1 aliphatic rings. The Labute approximate surface area is 189 Å². The molecule has 33 heavy (non-hydrogen) atoms. The van der Waals surface area contributed by atoms with E-state index in [1.54, 1.807) is 6.07 Å². The van der Waals surface area contributed by atoms with Crippen LogP contribution in [-0.2, 0) is 5.41 Å². The van der Waals surface area contributed by atoms with Gasteiger partial charge in [-0.25, -0.2) is 8.78 Å². The van der Waals surface area contributed by atoms with Crippen molar-refractivity contribution in [3.05, 3.63) is 53.0 Å². The van der Waals surface area contributed by atoms with Crippen molar-refractivity contribution in [3.63, 3.8) is 0 Å². The predicted octanol–water partition coefficient (Wildman–Crippen LogP) is 4.09.